The van der Waals surface area contributed by atoms with Crippen molar-refractivity contribution >= 4 is 11.4 Å². The molecule has 0 saturated carbocycles. The molecule has 0 aliphatic heterocycles. The van der Waals surface area contributed by atoms with E-state index in [1.165, 1.54) is 18.2 Å². The highest BCUT2D eigenvalue weighted by Crippen LogP contribution is 2.38. The molecule has 1 atom stereocenters. The number of benzene rings is 2. The van der Waals surface area contributed by atoms with Gasteiger partial charge in [0.05, 0.1) is 24.1 Å². The van der Waals surface area contributed by atoms with Crippen LogP contribution in [0.2, 0.25) is 0 Å². The monoisotopic (exact) mass is 290 g/mol. The van der Waals surface area contributed by atoms with Crippen LogP contribution in [0.4, 0.5) is 11.4 Å². The van der Waals surface area contributed by atoms with E-state index in [1.807, 2.05) is 0 Å². The van der Waals surface area contributed by atoms with Crippen molar-refractivity contribution in [3.63, 3.8) is 0 Å². The van der Waals surface area contributed by atoms with E-state index in [9.17, 15) is 15.3 Å². The quantitative estimate of drug-likeness (QED) is 0.462. The zero-order valence-electron chi connectivity index (χ0n) is 11.3. The minimum absolute atomic E-state index is 0.0605. The summed E-state index contributed by atoms with van der Waals surface area (Å²) in [5.41, 5.74) is 14.0. The Morgan fingerprint density at radius 1 is 1.00 bits per heavy atom. The van der Waals surface area contributed by atoms with Crippen LogP contribution in [0.1, 0.15) is 5.56 Å². The Hall–Kier alpha value is -2.44. The molecule has 0 bridgehead atoms. The average molecular weight is 290 g/mol. The zero-order chi connectivity index (χ0) is 15.6. The highest BCUT2D eigenvalue weighted by molar-refractivity contribution is 5.87. The normalized spacial score (nSPS) is 12.3. The molecule has 0 spiro atoms. The number of aliphatic hydroxyl groups excluding tert-OH is 2. The Bertz CT molecular complexity index is 658. The Labute approximate surface area is 121 Å². The van der Waals surface area contributed by atoms with Crippen LogP contribution in [0.15, 0.2) is 30.3 Å². The van der Waals surface area contributed by atoms with E-state index >= 15 is 0 Å². The van der Waals surface area contributed by atoms with E-state index in [4.69, 9.17) is 16.6 Å². The minimum atomic E-state index is -0.894. The van der Waals surface area contributed by atoms with E-state index in [-0.39, 0.29) is 24.5 Å². The van der Waals surface area contributed by atoms with E-state index in [2.05, 4.69) is 0 Å². The van der Waals surface area contributed by atoms with Gasteiger partial charge in [-0.05, 0) is 29.8 Å². The second kappa shape index (κ2) is 5.90. The van der Waals surface area contributed by atoms with Crippen molar-refractivity contribution in [3.8, 4) is 22.6 Å². The first-order chi connectivity index (χ1) is 9.92. The van der Waals surface area contributed by atoms with Gasteiger partial charge in [0, 0.05) is 23.6 Å². The van der Waals surface area contributed by atoms with Crippen LogP contribution in [0.25, 0.3) is 11.1 Å². The van der Waals surface area contributed by atoms with E-state index in [1.54, 1.807) is 12.1 Å². The Kier molecular flexibility index (Phi) is 4.21. The number of nitrogens with two attached hydrogens (primary N) is 2. The van der Waals surface area contributed by atoms with Crippen molar-refractivity contribution in [2.24, 2.45) is 0 Å². The van der Waals surface area contributed by atoms with Crippen LogP contribution in [0.5, 0.6) is 11.5 Å². The number of phenolic OH excluding ortho intramolecular Hbond substituents is 2. The summed E-state index contributed by atoms with van der Waals surface area (Å²) >= 11 is 0. The van der Waals surface area contributed by atoms with Gasteiger partial charge in [0.25, 0.3) is 0 Å². The van der Waals surface area contributed by atoms with Crippen LogP contribution < -0.4 is 11.5 Å². The van der Waals surface area contributed by atoms with Gasteiger partial charge in [-0.25, -0.2) is 0 Å². The zero-order valence-corrected chi connectivity index (χ0v) is 11.3. The fourth-order valence-corrected chi connectivity index (χ4v) is 2.16. The molecule has 8 N–H and O–H groups in total. The second-order valence-electron chi connectivity index (χ2n) is 4.89. The molecule has 0 aliphatic carbocycles. The third kappa shape index (κ3) is 3.18. The van der Waals surface area contributed by atoms with Crippen molar-refractivity contribution in [1.82, 2.24) is 0 Å². The van der Waals surface area contributed by atoms with E-state index in [0.29, 0.717) is 28.1 Å². The molecule has 0 aliphatic rings. The second-order valence-corrected chi connectivity index (χ2v) is 4.89. The number of aromatic hydroxyl groups is 2. The molecule has 6 heteroatoms. The SMILES string of the molecule is Nc1cc(CC(O)CO)cc(-c2ccc(O)cc2O)c1N. The number of hydrogen-bond donors (Lipinski definition) is 6. The lowest BCUT2D eigenvalue weighted by atomic mass is 9.96. The summed E-state index contributed by atoms with van der Waals surface area (Å²) in [6, 6.07) is 7.48. The van der Waals surface area contributed by atoms with Gasteiger partial charge in [-0.3, -0.25) is 0 Å². The maximum absolute atomic E-state index is 9.93. The van der Waals surface area contributed by atoms with Crippen LogP contribution in [-0.2, 0) is 6.42 Å². The predicted molar refractivity (Wildman–Crippen MR) is 80.8 cm³/mol. The van der Waals surface area contributed by atoms with Crippen molar-refractivity contribution in [3.05, 3.63) is 35.9 Å². The summed E-state index contributed by atoms with van der Waals surface area (Å²) in [4.78, 5) is 0. The molecule has 112 valence electrons. The van der Waals surface area contributed by atoms with Crippen molar-refractivity contribution in [2.75, 3.05) is 18.1 Å². The van der Waals surface area contributed by atoms with Crippen molar-refractivity contribution in [1.29, 1.82) is 0 Å². The number of rotatable bonds is 4. The van der Waals surface area contributed by atoms with Crippen molar-refractivity contribution in [2.45, 2.75) is 12.5 Å². The first kappa shape index (κ1) is 15.0. The molecule has 0 amide bonds. The van der Waals surface area contributed by atoms with Crippen molar-refractivity contribution < 1.29 is 20.4 Å². The lowest BCUT2D eigenvalue weighted by Gasteiger charge is -2.14. The average Bonchev–Trinajstić information content (AvgIpc) is 2.43. The summed E-state index contributed by atoms with van der Waals surface area (Å²) < 4.78 is 0. The summed E-state index contributed by atoms with van der Waals surface area (Å²) in [5.74, 6) is -0.185. The van der Waals surface area contributed by atoms with Crippen LogP contribution in [0, 0.1) is 0 Å². The van der Waals surface area contributed by atoms with Crippen LogP contribution in [-0.4, -0.2) is 33.1 Å². The molecule has 0 heterocycles. The number of aliphatic hydroxyl groups is 2. The third-order valence-electron chi connectivity index (χ3n) is 3.23. The third-order valence-corrected chi connectivity index (χ3v) is 3.23. The lowest BCUT2D eigenvalue weighted by molar-refractivity contribution is 0.0955. The number of phenols is 2. The smallest absolute Gasteiger partial charge is 0.127 e. The predicted octanol–water partition coefficient (Wildman–Crippen LogP) is 0.825. The number of nitrogen functional groups attached to an aromatic ring is 2. The first-order valence-electron chi connectivity index (χ1n) is 6.41. The number of hydrogen-bond acceptors (Lipinski definition) is 6. The molecule has 0 aromatic heterocycles. The van der Waals surface area contributed by atoms with Gasteiger partial charge in [0.2, 0.25) is 0 Å². The molecule has 1 unspecified atom stereocenters. The molecular formula is C15H18N2O4. The molecule has 0 saturated heterocycles. The summed E-state index contributed by atoms with van der Waals surface area (Å²) in [6.45, 7) is -0.357. The van der Waals surface area contributed by atoms with Gasteiger partial charge in [0.1, 0.15) is 11.5 Å². The summed E-state index contributed by atoms with van der Waals surface area (Å²) in [6.07, 6.45) is -0.679. The molecule has 0 radical (unpaired) electrons. The number of anilines is 2. The Balaban J connectivity index is 2.51. The first-order valence-corrected chi connectivity index (χ1v) is 6.41. The van der Waals surface area contributed by atoms with Crippen LogP contribution >= 0.6 is 0 Å². The Morgan fingerprint density at radius 3 is 2.33 bits per heavy atom. The molecule has 2 aromatic rings. The molecule has 0 fully saturated rings. The molecule has 2 rings (SSSR count). The largest absolute Gasteiger partial charge is 0.508 e. The van der Waals surface area contributed by atoms with E-state index < -0.39 is 6.10 Å². The standard InChI is InChI=1S/C15H18N2O4/c16-13-5-8(3-10(20)7-18)4-12(15(13)17)11-2-1-9(19)6-14(11)21/h1-2,4-6,10,18-21H,3,7,16-17H2. The fourth-order valence-electron chi connectivity index (χ4n) is 2.16. The molecule has 2 aromatic carbocycles. The van der Waals surface area contributed by atoms with E-state index in [0.717, 1.165) is 0 Å². The van der Waals surface area contributed by atoms with Crippen LogP contribution in [0.3, 0.4) is 0 Å². The topological polar surface area (TPSA) is 133 Å². The maximum atomic E-state index is 9.93. The van der Waals surface area contributed by atoms with Gasteiger partial charge >= 0.3 is 0 Å². The summed E-state index contributed by atoms with van der Waals surface area (Å²) in [5, 5.41) is 37.7. The van der Waals surface area contributed by atoms with Gasteiger partial charge in [-0.1, -0.05) is 0 Å². The Morgan fingerprint density at radius 2 is 1.71 bits per heavy atom. The molecular weight excluding hydrogens is 272 g/mol. The minimum Gasteiger partial charge on any atom is -0.508 e. The van der Waals surface area contributed by atoms with Gasteiger partial charge < -0.3 is 31.9 Å². The van der Waals surface area contributed by atoms with Gasteiger partial charge in [-0.2, -0.15) is 0 Å². The maximum Gasteiger partial charge on any atom is 0.127 e. The lowest BCUT2D eigenvalue weighted by Crippen LogP contribution is -2.15. The molecule has 21 heavy (non-hydrogen) atoms. The fraction of sp³-hybridized carbons (Fsp3) is 0.200. The summed E-state index contributed by atoms with van der Waals surface area (Å²) in [7, 11) is 0. The molecule has 6 nitrogen and oxygen atoms in total. The van der Waals surface area contributed by atoms with Gasteiger partial charge in [-0.15, -0.1) is 0 Å². The highest BCUT2D eigenvalue weighted by atomic mass is 16.3. The highest BCUT2D eigenvalue weighted by Gasteiger charge is 2.14. The van der Waals surface area contributed by atoms with Gasteiger partial charge in [0.15, 0.2) is 0 Å².